The van der Waals surface area contributed by atoms with Gasteiger partial charge in [0.15, 0.2) is 4.90 Å². The molecule has 0 radical (unpaired) electrons. The second kappa shape index (κ2) is 8.36. The maximum absolute atomic E-state index is 13.2. The van der Waals surface area contributed by atoms with Gasteiger partial charge >= 0.3 is 0 Å². The Morgan fingerprint density at radius 1 is 1.06 bits per heavy atom. The SMILES string of the molecule is Cc1cc(N2CCN(C)CC2)nc2ccc(N(C)S(=O)(=O)c3ccccc3[N+](=O)[O-])cc12. The number of rotatable bonds is 5. The molecule has 0 unspecified atom stereocenters. The Kier molecular flexibility index (Phi) is 5.74. The van der Waals surface area contributed by atoms with Crippen molar-refractivity contribution in [1.29, 1.82) is 0 Å². The summed E-state index contributed by atoms with van der Waals surface area (Å²) in [7, 11) is -0.620. The van der Waals surface area contributed by atoms with Crippen LogP contribution in [-0.4, -0.2) is 63.5 Å². The van der Waals surface area contributed by atoms with Gasteiger partial charge in [0.1, 0.15) is 5.82 Å². The van der Waals surface area contributed by atoms with Gasteiger partial charge in [-0.05, 0) is 49.9 Å². The lowest BCUT2D eigenvalue weighted by Gasteiger charge is -2.33. The molecule has 1 aromatic heterocycles. The number of fused-ring (bicyclic) bond motifs is 1. The van der Waals surface area contributed by atoms with Crippen molar-refractivity contribution in [1.82, 2.24) is 9.88 Å². The molecular weight excluding hydrogens is 430 g/mol. The van der Waals surface area contributed by atoms with Crippen molar-refractivity contribution in [3.8, 4) is 0 Å². The number of piperazine rings is 1. The van der Waals surface area contributed by atoms with Gasteiger partial charge in [-0.15, -0.1) is 0 Å². The molecule has 1 aliphatic heterocycles. The maximum Gasteiger partial charge on any atom is 0.289 e. The second-order valence-corrected chi connectivity index (χ2v) is 9.92. The van der Waals surface area contributed by atoms with Gasteiger partial charge in [-0.25, -0.2) is 13.4 Å². The third kappa shape index (κ3) is 3.98. The molecule has 32 heavy (non-hydrogen) atoms. The van der Waals surface area contributed by atoms with Crippen molar-refractivity contribution >= 4 is 38.1 Å². The van der Waals surface area contributed by atoms with Gasteiger partial charge in [0.05, 0.1) is 16.1 Å². The van der Waals surface area contributed by atoms with Crippen LogP contribution >= 0.6 is 0 Å². The van der Waals surface area contributed by atoms with Gasteiger partial charge in [0, 0.05) is 44.7 Å². The highest BCUT2D eigenvalue weighted by Crippen LogP contribution is 2.32. The van der Waals surface area contributed by atoms with Crippen LogP contribution in [0, 0.1) is 17.0 Å². The molecule has 1 saturated heterocycles. The number of nitrogens with zero attached hydrogens (tertiary/aromatic N) is 5. The number of anilines is 2. The van der Waals surface area contributed by atoms with E-state index in [0.717, 1.165) is 52.8 Å². The predicted octanol–water partition coefficient (Wildman–Crippen LogP) is 3.03. The Morgan fingerprint density at radius 2 is 1.75 bits per heavy atom. The van der Waals surface area contributed by atoms with Crippen molar-refractivity contribution in [2.24, 2.45) is 0 Å². The minimum absolute atomic E-state index is 0.340. The minimum atomic E-state index is -4.12. The lowest BCUT2D eigenvalue weighted by molar-refractivity contribution is -0.387. The second-order valence-electron chi connectivity index (χ2n) is 7.99. The smallest absolute Gasteiger partial charge is 0.289 e. The lowest BCUT2D eigenvalue weighted by atomic mass is 10.1. The van der Waals surface area contributed by atoms with Crippen molar-refractivity contribution < 1.29 is 13.3 Å². The largest absolute Gasteiger partial charge is 0.354 e. The van der Waals surface area contributed by atoms with Gasteiger partial charge < -0.3 is 9.80 Å². The lowest BCUT2D eigenvalue weighted by Crippen LogP contribution is -2.44. The van der Waals surface area contributed by atoms with Crippen molar-refractivity contribution in [3.05, 3.63) is 64.2 Å². The molecule has 10 heteroatoms. The third-order valence-corrected chi connectivity index (χ3v) is 7.71. The fraction of sp³-hybridized carbons (Fsp3) is 0.318. The average molecular weight is 456 g/mol. The van der Waals surface area contributed by atoms with Gasteiger partial charge in [0.2, 0.25) is 0 Å². The number of para-hydroxylation sites is 1. The molecular formula is C22H25N5O4S. The molecule has 9 nitrogen and oxygen atoms in total. The number of hydrogen-bond donors (Lipinski definition) is 0. The van der Waals surface area contributed by atoms with E-state index in [9.17, 15) is 18.5 Å². The highest BCUT2D eigenvalue weighted by molar-refractivity contribution is 7.93. The molecule has 2 aromatic carbocycles. The summed E-state index contributed by atoms with van der Waals surface area (Å²) in [6.45, 7) is 5.74. The Bertz CT molecular complexity index is 1290. The van der Waals surface area contributed by atoms with Crippen LogP contribution in [0.1, 0.15) is 5.56 Å². The number of benzene rings is 2. The molecule has 0 N–H and O–H groups in total. The minimum Gasteiger partial charge on any atom is -0.354 e. The Morgan fingerprint density at radius 3 is 2.44 bits per heavy atom. The summed E-state index contributed by atoms with van der Waals surface area (Å²) in [6.07, 6.45) is 0. The number of sulfonamides is 1. The molecule has 3 aromatic rings. The summed E-state index contributed by atoms with van der Waals surface area (Å²) >= 11 is 0. The number of nitro benzene ring substituents is 1. The van der Waals surface area contributed by atoms with Crippen LogP contribution in [0.2, 0.25) is 0 Å². The highest BCUT2D eigenvalue weighted by Gasteiger charge is 2.29. The number of likely N-dealkylation sites (N-methyl/N-ethyl adjacent to an activating group) is 1. The molecule has 0 aliphatic carbocycles. The molecule has 0 bridgehead atoms. The van der Waals surface area contributed by atoms with Crippen molar-refractivity contribution in [2.45, 2.75) is 11.8 Å². The molecule has 0 atom stereocenters. The number of pyridine rings is 1. The monoisotopic (exact) mass is 455 g/mol. The standard InChI is InChI=1S/C22H25N5O4S/c1-16-14-22(26-12-10-24(2)11-13-26)23-19-9-8-17(15-18(16)19)25(3)32(30,31)21-7-5-4-6-20(21)27(28)29/h4-9,14-15H,10-13H2,1-3H3. The van der Waals surface area contributed by atoms with Crippen molar-refractivity contribution in [3.63, 3.8) is 0 Å². The normalized spacial score (nSPS) is 15.2. The summed E-state index contributed by atoms with van der Waals surface area (Å²) in [6, 6.07) is 12.6. The summed E-state index contributed by atoms with van der Waals surface area (Å²) < 4.78 is 27.4. The number of aromatic nitrogens is 1. The van der Waals surface area contributed by atoms with E-state index in [2.05, 4.69) is 16.8 Å². The van der Waals surface area contributed by atoms with Gasteiger partial charge in [-0.1, -0.05) is 12.1 Å². The zero-order valence-electron chi connectivity index (χ0n) is 18.2. The molecule has 168 valence electrons. The number of hydrogen-bond acceptors (Lipinski definition) is 7. The molecule has 2 heterocycles. The summed E-state index contributed by atoms with van der Waals surface area (Å²) in [5.74, 6) is 0.914. The van der Waals surface area contributed by atoms with Crippen LogP contribution in [0.15, 0.2) is 53.4 Å². The summed E-state index contributed by atoms with van der Waals surface area (Å²) in [5.41, 5.74) is 1.73. The first-order chi connectivity index (χ1) is 15.2. The maximum atomic E-state index is 13.2. The van der Waals surface area contributed by atoms with E-state index in [0.29, 0.717) is 5.69 Å². The van der Waals surface area contributed by atoms with Crippen LogP contribution in [-0.2, 0) is 10.0 Å². The van der Waals surface area contributed by atoms with E-state index in [1.807, 2.05) is 13.0 Å². The van der Waals surface area contributed by atoms with Gasteiger partial charge in [-0.2, -0.15) is 0 Å². The first kappa shape index (κ1) is 22.0. The fourth-order valence-corrected chi connectivity index (χ4v) is 5.21. The topological polar surface area (TPSA) is 99.9 Å². The Hall–Kier alpha value is -3.24. The number of nitro groups is 1. The van der Waals surface area contributed by atoms with Gasteiger partial charge in [0.25, 0.3) is 15.7 Å². The zero-order chi connectivity index (χ0) is 23.0. The van der Waals surface area contributed by atoms with Crippen LogP contribution in [0.25, 0.3) is 10.9 Å². The zero-order valence-corrected chi connectivity index (χ0v) is 19.0. The third-order valence-electron chi connectivity index (χ3n) is 5.88. The van der Waals surface area contributed by atoms with E-state index in [1.165, 1.54) is 31.3 Å². The van der Waals surface area contributed by atoms with E-state index in [4.69, 9.17) is 4.98 Å². The molecule has 0 amide bonds. The molecule has 4 rings (SSSR count). The quantitative estimate of drug-likeness (QED) is 0.431. The summed E-state index contributed by atoms with van der Waals surface area (Å²) in [5, 5.41) is 12.2. The average Bonchev–Trinajstić information content (AvgIpc) is 2.78. The van der Waals surface area contributed by atoms with Crippen LogP contribution in [0.4, 0.5) is 17.2 Å². The Balaban J connectivity index is 1.70. The molecule has 0 spiro atoms. The van der Waals surface area contributed by atoms with Crippen LogP contribution in [0.5, 0.6) is 0 Å². The van der Waals surface area contributed by atoms with E-state index < -0.39 is 20.6 Å². The predicted molar refractivity (Wildman–Crippen MR) is 125 cm³/mol. The summed E-state index contributed by atoms with van der Waals surface area (Å²) in [4.78, 5) is 19.6. The molecule has 0 saturated carbocycles. The fourth-order valence-electron chi connectivity index (χ4n) is 3.87. The van der Waals surface area contributed by atoms with Crippen molar-refractivity contribution in [2.75, 3.05) is 49.5 Å². The first-order valence-corrected chi connectivity index (χ1v) is 11.7. The van der Waals surface area contributed by atoms with E-state index in [1.54, 1.807) is 18.2 Å². The Labute approximate surface area is 187 Å². The van der Waals surface area contributed by atoms with Gasteiger partial charge in [-0.3, -0.25) is 14.4 Å². The first-order valence-electron chi connectivity index (χ1n) is 10.3. The van der Waals surface area contributed by atoms with E-state index >= 15 is 0 Å². The van der Waals surface area contributed by atoms with Crippen LogP contribution < -0.4 is 9.21 Å². The van der Waals surface area contributed by atoms with E-state index in [-0.39, 0.29) is 4.90 Å². The molecule has 1 fully saturated rings. The highest BCUT2D eigenvalue weighted by atomic mass is 32.2. The van der Waals surface area contributed by atoms with Crippen LogP contribution in [0.3, 0.4) is 0 Å². The molecule has 1 aliphatic rings. The number of aryl methyl sites for hydroxylation is 1.